The number of carboxylic acid groups (broad SMARTS) is 1. The van der Waals surface area contributed by atoms with Crippen LogP contribution in [0.5, 0.6) is 0 Å². The van der Waals surface area contributed by atoms with Gasteiger partial charge in [-0.25, -0.2) is 0 Å². The van der Waals surface area contributed by atoms with Crippen LogP contribution in [0.3, 0.4) is 0 Å². The van der Waals surface area contributed by atoms with E-state index in [4.69, 9.17) is 15.6 Å². The van der Waals surface area contributed by atoms with Gasteiger partial charge in [0.25, 0.3) is 0 Å². The highest BCUT2D eigenvalue weighted by molar-refractivity contribution is 5.72. The summed E-state index contributed by atoms with van der Waals surface area (Å²) in [6.07, 6.45) is -2.74. The van der Waals surface area contributed by atoms with Crippen molar-refractivity contribution in [2.75, 3.05) is 19.7 Å². The number of aliphatic carboxylic acids is 1. The van der Waals surface area contributed by atoms with E-state index >= 15 is 0 Å². The van der Waals surface area contributed by atoms with Crippen LogP contribution in [-0.2, 0) is 9.53 Å². The summed E-state index contributed by atoms with van der Waals surface area (Å²) in [6, 6.07) is -0.880. The van der Waals surface area contributed by atoms with Crippen LogP contribution in [0, 0.1) is 0 Å². The van der Waals surface area contributed by atoms with E-state index in [1.165, 1.54) is 0 Å². The molecule has 1 saturated heterocycles. The number of hydrogen-bond acceptors (Lipinski definition) is 8. The Labute approximate surface area is 122 Å². The van der Waals surface area contributed by atoms with Gasteiger partial charge >= 0.3 is 5.97 Å². The molecule has 0 aromatic carbocycles. The van der Waals surface area contributed by atoms with Crippen LogP contribution in [0.15, 0.2) is 0 Å². The van der Waals surface area contributed by atoms with Crippen molar-refractivity contribution in [2.45, 2.75) is 49.4 Å². The number of ether oxygens (including phenoxy) is 1. The Morgan fingerprint density at radius 2 is 2.05 bits per heavy atom. The molecule has 124 valence electrons. The van der Waals surface area contributed by atoms with Crippen molar-refractivity contribution in [3.8, 4) is 0 Å². The third-order valence-electron chi connectivity index (χ3n) is 3.50. The van der Waals surface area contributed by atoms with Gasteiger partial charge in [-0.2, -0.15) is 0 Å². The highest BCUT2D eigenvalue weighted by Crippen LogP contribution is 2.23. The number of unbranched alkanes of at least 4 members (excludes halogenated alkanes) is 1. The van der Waals surface area contributed by atoms with Crippen LogP contribution >= 0.6 is 0 Å². The maximum absolute atomic E-state index is 10.5. The van der Waals surface area contributed by atoms with Gasteiger partial charge in [0, 0.05) is 0 Å². The molecule has 0 spiro atoms. The fourth-order valence-electron chi connectivity index (χ4n) is 2.05. The molecule has 1 heterocycles. The summed E-state index contributed by atoms with van der Waals surface area (Å²) in [5.41, 5.74) is 5.35. The van der Waals surface area contributed by atoms with Gasteiger partial charge in [-0.1, -0.05) is 6.42 Å². The lowest BCUT2D eigenvalue weighted by Crippen LogP contribution is -2.64. The van der Waals surface area contributed by atoms with Gasteiger partial charge in [-0.15, -0.1) is 0 Å². The summed E-state index contributed by atoms with van der Waals surface area (Å²) < 4.78 is 4.97. The number of hydrogen-bond donors (Lipinski definition) is 7. The second kappa shape index (κ2) is 7.99. The number of aliphatic hydroxyl groups excluding tert-OH is 3. The summed E-state index contributed by atoms with van der Waals surface area (Å²) in [4.78, 5) is 10.5. The van der Waals surface area contributed by atoms with E-state index in [2.05, 4.69) is 5.32 Å². The lowest BCUT2D eigenvalue weighted by molar-refractivity contribution is -0.317. The fraction of sp³-hybridized carbons (Fsp3) is 0.917. The smallest absolute Gasteiger partial charge is 0.320 e. The van der Waals surface area contributed by atoms with Crippen molar-refractivity contribution in [1.29, 1.82) is 0 Å². The van der Waals surface area contributed by atoms with E-state index in [-0.39, 0.29) is 13.2 Å². The number of rotatable bonds is 8. The van der Waals surface area contributed by atoms with E-state index in [0.29, 0.717) is 25.8 Å². The largest absolute Gasteiger partial charge is 0.480 e. The molecule has 21 heavy (non-hydrogen) atoms. The quantitative estimate of drug-likeness (QED) is 0.182. The van der Waals surface area contributed by atoms with Crippen molar-refractivity contribution in [2.24, 2.45) is 5.73 Å². The van der Waals surface area contributed by atoms with E-state index in [1.807, 2.05) is 0 Å². The molecule has 1 fully saturated rings. The molecule has 9 nitrogen and oxygen atoms in total. The van der Waals surface area contributed by atoms with Gasteiger partial charge in [0.05, 0.1) is 13.2 Å². The van der Waals surface area contributed by atoms with Crippen LogP contribution < -0.4 is 11.1 Å². The van der Waals surface area contributed by atoms with Gasteiger partial charge in [0.2, 0.25) is 5.79 Å². The molecule has 0 amide bonds. The first-order valence-corrected chi connectivity index (χ1v) is 6.87. The van der Waals surface area contributed by atoms with Crippen LogP contribution in [-0.4, -0.2) is 81.3 Å². The lowest BCUT2D eigenvalue weighted by Gasteiger charge is -2.41. The zero-order valence-electron chi connectivity index (χ0n) is 11.7. The first-order valence-electron chi connectivity index (χ1n) is 6.87. The minimum absolute atomic E-state index is 0.122. The lowest BCUT2D eigenvalue weighted by atomic mass is 9.97. The number of nitrogens with one attached hydrogen (secondary N) is 1. The van der Waals surface area contributed by atoms with Crippen molar-refractivity contribution in [1.82, 2.24) is 5.32 Å². The third kappa shape index (κ3) is 5.15. The van der Waals surface area contributed by atoms with Gasteiger partial charge < -0.3 is 41.3 Å². The Bertz CT molecular complexity index is 344. The number of carbonyl (C=O) groups is 1. The van der Waals surface area contributed by atoms with Crippen molar-refractivity contribution in [3.05, 3.63) is 0 Å². The summed E-state index contributed by atoms with van der Waals surface area (Å²) in [7, 11) is 0. The first-order chi connectivity index (χ1) is 9.78. The summed E-state index contributed by atoms with van der Waals surface area (Å²) in [5, 5.41) is 50.0. The Balaban J connectivity index is 2.21. The van der Waals surface area contributed by atoms with Crippen molar-refractivity contribution >= 4 is 5.97 Å². The summed E-state index contributed by atoms with van der Waals surface area (Å²) >= 11 is 0. The number of carboxylic acids is 1. The van der Waals surface area contributed by atoms with Gasteiger partial charge in [-0.3, -0.25) is 4.79 Å². The minimum Gasteiger partial charge on any atom is -0.480 e. The molecular formula is C12H24N2O7. The highest BCUT2D eigenvalue weighted by Gasteiger charge is 2.47. The summed E-state index contributed by atoms with van der Waals surface area (Å²) in [5.74, 6) is -3.00. The number of aliphatic hydroxyl groups is 4. The normalized spacial score (nSPS) is 34.6. The van der Waals surface area contributed by atoms with Crippen LogP contribution in [0.25, 0.3) is 0 Å². The molecule has 1 unspecified atom stereocenters. The monoisotopic (exact) mass is 314 g/mol. The zero-order chi connectivity index (χ0) is 16.0. The number of nitrogens with two attached hydrogens (primary N) is 1. The molecule has 0 aromatic rings. The summed E-state index contributed by atoms with van der Waals surface area (Å²) in [6.45, 7) is 0.0657. The Kier molecular flexibility index (Phi) is 6.94. The highest BCUT2D eigenvalue weighted by atomic mass is 16.6. The Morgan fingerprint density at radius 3 is 2.67 bits per heavy atom. The van der Waals surface area contributed by atoms with E-state index in [0.717, 1.165) is 0 Å². The zero-order valence-corrected chi connectivity index (χ0v) is 11.7. The SMILES string of the molecule is N[13C@@H]([13CH2][13CH2][13CH2][13CH2]NC[C@@]1(O)OCC(O)[C@@H](O)[C@H]1O)[13C](=O)O. The molecule has 0 aromatic heterocycles. The van der Waals surface area contributed by atoms with E-state index in [1.54, 1.807) is 0 Å². The molecule has 0 saturated carbocycles. The molecule has 1 aliphatic heterocycles. The van der Waals surface area contributed by atoms with E-state index < -0.39 is 36.1 Å². The fourth-order valence-corrected chi connectivity index (χ4v) is 2.05. The molecule has 1 aliphatic rings. The average molecular weight is 314 g/mol. The van der Waals surface area contributed by atoms with Crippen LogP contribution in [0.1, 0.15) is 19.3 Å². The van der Waals surface area contributed by atoms with Gasteiger partial charge in [0.15, 0.2) is 0 Å². The molecule has 5 atom stereocenters. The second-order valence-electron chi connectivity index (χ2n) is 5.28. The standard InChI is InChI=1S/C12H24N2O7/c13-7(11(18)19)3-1-2-4-14-6-12(20)10(17)9(16)8(15)5-21-12/h7-10,14-17,20H,1-6,13H2,(H,18,19)/t7-,8?,9+,10+,12+/m0/s1/i1+1,2+1,3+1,4+1,7+1,11+1. The van der Waals surface area contributed by atoms with Gasteiger partial charge in [0.1, 0.15) is 24.4 Å². The maximum Gasteiger partial charge on any atom is 0.320 e. The molecule has 0 bridgehead atoms. The minimum atomic E-state index is -1.96. The van der Waals surface area contributed by atoms with Crippen molar-refractivity contribution in [3.63, 3.8) is 0 Å². The topological polar surface area (TPSA) is 166 Å². The first kappa shape index (κ1) is 18.2. The van der Waals surface area contributed by atoms with Crippen LogP contribution in [0.2, 0.25) is 0 Å². The Hall–Kier alpha value is -0.810. The third-order valence-corrected chi connectivity index (χ3v) is 3.50. The Morgan fingerprint density at radius 1 is 1.38 bits per heavy atom. The average Bonchev–Trinajstić information content (AvgIpc) is 2.44. The molecule has 9 heteroatoms. The van der Waals surface area contributed by atoms with Crippen molar-refractivity contribution < 1.29 is 35.1 Å². The second-order valence-corrected chi connectivity index (χ2v) is 5.28. The van der Waals surface area contributed by atoms with E-state index in [9.17, 15) is 25.2 Å². The predicted octanol–water partition coefficient (Wildman–Crippen LogP) is -3.04. The maximum atomic E-state index is 10.5. The molecule has 8 N–H and O–H groups in total. The van der Waals surface area contributed by atoms with Gasteiger partial charge in [-0.05, 0) is 19.4 Å². The molecule has 0 aliphatic carbocycles. The van der Waals surface area contributed by atoms with Crippen LogP contribution in [0.4, 0.5) is 0 Å². The molecular weight excluding hydrogens is 290 g/mol. The predicted molar refractivity (Wildman–Crippen MR) is 71.3 cm³/mol. The molecule has 0 radical (unpaired) electrons. The molecule has 1 rings (SSSR count).